The SMILES string of the molecule is CCN1CCOC(Cn2c(N)nc3ccc(F)cc32)C1. The molecule has 20 heavy (non-hydrogen) atoms. The lowest BCUT2D eigenvalue weighted by atomic mass is 10.2. The van der Waals surface area contributed by atoms with E-state index in [0.29, 0.717) is 18.0 Å². The highest BCUT2D eigenvalue weighted by atomic mass is 19.1. The topological polar surface area (TPSA) is 56.3 Å². The van der Waals surface area contributed by atoms with E-state index in [-0.39, 0.29) is 11.9 Å². The van der Waals surface area contributed by atoms with Crippen LogP contribution in [0.1, 0.15) is 6.92 Å². The quantitative estimate of drug-likeness (QED) is 0.924. The lowest BCUT2D eigenvalue weighted by Gasteiger charge is -2.32. The van der Waals surface area contributed by atoms with Crippen molar-refractivity contribution in [3.8, 4) is 0 Å². The second-order valence-electron chi connectivity index (χ2n) is 5.10. The van der Waals surface area contributed by atoms with Crippen LogP contribution in [0.5, 0.6) is 0 Å². The zero-order valence-electron chi connectivity index (χ0n) is 11.6. The molecule has 0 bridgehead atoms. The monoisotopic (exact) mass is 278 g/mol. The van der Waals surface area contributed by atoms with E-state index in [4.69, 9.17) is 10.5 Å². The minimum absolute atomic E-state index is 0.0617. The summed E-state index contributed by atoms with van der Waals surface area (Å²) in [5, 5.41) is 0. The molecule has 1 aliphatic heterocycles. The summed E-state index contributed by atoms with van der Waals surface area (Å²) in [6, 6.07) is 4.52. The highest BCUT2D eigenvalue weighted by Gasteiger charge is 2.21. The van der Waals surface area contributed by atoms with Crippen LogP contribution >= 0.6 is 0 Å². The van der Waals surface area contributed by atoms with Gasteiger partial charge in [0.25, 0.3) is 0 Å². The standard InChI is InChI=1S/C14H19FN4O/c1-2-18-5-6-20-11(8-18)9-19-13-7-10(15)3-4-12(13)17-14(19)16/h3-4,7,11H,2,5-6,8-9H2,1H3,(H2,16,17). The molecule has 1 saturated heterocycles. The Labute approximate surface area is 117 Å². The van der Waals surface area contributed by atoms with Crippen molar-refractivity contribution >= 4 is 17.0 Å². The number of halogens is 1. The molecule has 0 amide bonds. The van der Waals surface area contributed by atoms with Crippen LogP contribution < -0.4 is 5.73 Å². The summed E-state index contributed by atoms with van der Waals surface area (Å²) in [6.45, 7) is 6.29. The molecule has 2 N–H and O–H groups in total. The van der Waals surface area contributed by atoms with Gasteiger partial charge < -0.3 is 15.0 Å². The number of hydrogen-bond acceptors (Lipinski definition) is 4. The number of nitrogens with zero attached hydrogens (tertiary/aromatic N) is 3. The average molecular weight is 278 g/mol. The number of aromatic nitrogens is 2. The van der Waals surface area contributed by atoms with E-state index in [2.05, 4.69) is 16.8 Å². The van der Waals surface area contributed by atoms with E-state index in [0.717, 1.165) is 31.8 Å². The fourth-order valence-corrected chi connectivity index (χ4v) is 2.69. The molecule has 2 heterocycles. The van der Waals surface area contributed by atoms with Crippen LogP contribution in [0, 0.1) is 5.82 Å². The largest absolute Gasteiger partial charge is 0.374 e. The van der Waals surface area contributed by atoms with Gasteiger partial charge in [-0.1, -0.05) is 6.92 Å². The first-order valence-electron chi connectivity index (χ1n) is 6.92. The number of hydrogen-bond donors (Lipinski definition) is 1. The number of likely N-dealkylation sites (N-methyl/N-ethyl adjacent to an activating group) is 1. The molecule has 1 atom stereocenters. The van der Waals surface area contributed by atoms with Crippen LogP contribution in [-0.2, 0) is 11.3 Å². The Morgan fingerprint density at radius 2 is 2.35 bits per heavy atom. The average Bonchev–Trinajstić information content (AvgIpc) is 2.75. The van der Waals surface area contributed by atoms with Gasteiger partial charge in [-0.05, 0) is 24.7 Å². The molecule has 0 saturated carbocycles. The van der Waals surface area contributed by atoms with Gasteiger partial charge in [-0.2, -0.15) is 0 Å². The summed E-state index contributed by atoms with van der Waals surface area (Å²) in [5.74, 6) is 0.126. The van der Waals surface area contributed by atoms with Crippen molar-refractivity contribution in [1.82, 2.24) is 14.5 Å². The Hall–Kier alpha value is -1.66. The maximum Gasteiger partial charge on any atom is 0.201 e. The minimum atomic E-state index is -0.279. The van der Waals surface area contributed by atoms with E-state index in [1.54, 1.807) is 6.07 Å². The van der Waals surface area contributed by atoms with E-state index in [9.17, 15) is 4.39 Å². The van der Waals surface area contributed by atoms with Gasteiger partial charge >= 0.3 is 0 Å². The summed E-state index contributed by atoms with van der Waals surface area (Å²) >= 11 is 0. The number of benzene rings is 1. The highest BCUT2D eigenvalue weighted by Crippen LogP contribution is 2.20. The Kier molecular flexibility index (Phi) is 3.58. The molecule has 1 aromatic carbocycles. The molecule has 1 aliphatic rings. The number of nitrogens with two attached hydrogens (primary N) is 1. The Balaban J connectivity index is 1.86. The first kappa shape index (κ1) is 13.3. The predicted molar refractivity (Wildman–Crippen MR) is 76.0 cm³/mol. The molecule has 1 aromatic heterocycles. The van der Waals surface area contributed by atoms with Crippen LogP contribution in [0.25, 0.3) is 11.0 Å². The zero-order chi connectivity index (χ0) is 14.1. The molecule has 0 aliphatic carbocycles. The van der Waals surface area contributed by atoms with Crippen molar-refractivity contribution in [3.05, 3.63) is 24.0 Å². The number of morpholine rings is 1. The molecular weight excluding hydrogens is 259 g/mol. The summed E-state index contributed by atoms with van der Waals surface area (Å²) in [6.07, 6.45) is 0.0617. The van der Waals surface area contributed by atoms with Crippen molar-refractivity contribution in [3.63, 3.8) is 0 Å². The summed E-state index contributed by atoms with van der Waals surface area (Å²) in [5.41, 5.74) is 7.38. The Bertz CT molecular complexity index is 612. The second kappa shape index (κ2) is 5.38. The molecule has 1 unspecified atom stereocenters. The van der Waals surface area contributed by atoms with Gasteiger partial charge in [0, 0.05) is 13.1 Å². The van der Waals surface area contributed by atoms with Gasteiger partial charge in [-0.3, -0.25) is 4.90 Å². The number of imidazole rings is 1. The fourth-order valence-electron chi connectivity index (χ4n) is 2.69. The van der Waals surface area contributed by atoms with E-state index >= 15 is 0 Å². The number of anilines is 1. The van der Waals surface area contributed by atoms with E-state index < -0.39 is 0 Å². The van der Waals surface area contributed by atoms with Crippen molar-refractivity contribution in [2.45, 2.75) is 19.6 Å². The number of rotatable bonds is 3. The first-order chi connectivity index (χ1) is 9.67. The summed E-state index contributed by atoms with van der Waals surface area (Å²) in [7, 11) is 0. The van der Waals surface area contributed by atoms with Crippen LogP contribution in [0.3, 0.4) is 0 Å². The molecule has 108 valence electrons. The minimum Gasteiger partial charge on any atom is -0.374 e. The lowest BCUT2D eigenvalue weighted by Crippen LogP contribution is -2.44. The number of ether oxygens (including phenoxy) is 1. The van der Waals surface area contributed by atoms with Crippen LogP contribution in [0.2, 0.25) is 0 Å². The lowest BCUT2D eigenvalue weighted by molar-refractivity contribution is -0.0335. The highest BCUT2D eigenvalue weighted by molar-refractivity contribution is 5.78. The molecule has 5 nitrogen and oxygen atoms in total. The van der Waals surface area contributed by atoms with Gasteiger partial charge in [0.15, 0.2) is 0 Å². The van der Waals surface area contributed by atoms with Crippen molar-refractivity contribution in [2.24, 2.45) is 0 Å². The Morgan fingerprint density at radius 1 is 1.50 bits per heavy atom. The summed E-state index contributed by atoms with van der Waals surface area (Å²) < 4.78 is 21.0. The molecule has 1 fully saturated rings. The van der Waals surface area contributed by atoms with Crippen molar-refractivity contribution < 1.29 is 9.13 Å². The third-order valence-electron chi connectivity index (χ3n) is 3.80. The zero-order valence-corrected chi connectivity index (χ0v) is 11.6. The third-order valence-corrected chi connectivity index (χ3v) is 3.80. The van der Waals surface area contributed by atoms with E-state index in [1.165, 1.54) is 12.1 Å². The molecule has 0 spiro atoms. The van der Waals surface area contributed by atoms with E-state index in [1.807, 2.05) is 4.57 Å². The normalized spacial score (nSPS) is 20.6. The van der Waals surface area contributed by atoms with Crippen molar-refractivity contribution in [2.75, 3.05) is 32.0 Å². The molecule has 0 radical (unpaired) electrons. The second-order valence-corrected chi connectivity index (χ2v) is 5.10. The van der Waals surface area contributed by atoms with Crippen LogP contribution in [0.15, 0.2) is 18.2 Å². The maximum atomic E-state index is 13.4. The van der Waals surface area contributed by atoms with Crippen molar-refractivity contribution in [1.29, 1.82) is 0 Å². The van der Waals surface area contributed by atoms with Gasteiger partial charge in [-0.25, -0.2) is 9.37 Å². The van der Waals surface area contributed by atoms with Gasteiger partial charge in [0.05, 0.1) is 30.3 Å². The van der Waals surface area contributed by atoms with Gasteiger partial charge in [-0.15, -0.1) is 0 Å². The molecular formula is C14H19FN4O. The number of fused-ring (bicyclic) bond motifs is 1. The molecule has 6 heteroatoms. The summed E-state index contributed by atoms with van der Waals surface area (Å²) in [4.78, 5) is 6.60. The van der Waals surface area contributed by atoms with Gasteiger partial charge in [0.1, 0.15) is 5.82 Å². The van der Waals surface area contributed by atoms with Gasteiger partial charge in [0.2, 0.25) is 5.95 Å². The first-order valence-corrected chi connectivity index (χ1v) is 6.92. The predicted octanol–water partition coefficient (Wildman–Crippen LogP) is 1.48. The van der Waals surface area contributed by atoms with Crippen LogP contribution in [-0.4, -0.2) is 46.8 Å². The number of nitrogen functional groups attached to an aromatic ring is 1. The molecule has 2 aromatic rings. The van der Waals surface area contributed by atoms with Crippen LogP contribution in [0.4, 0.5) is 10.3 Å². The Morgan fingerprint density at radius 3 is 3.15 bits per heavy atom. The maximum absolute atomic E-state index is 13.4. The fraction of sp³-hybridized carbons (Fsp3) is 0.500. The molecule has 3 rings (SSSR count). The third kappa shape index (κ3) is 2.48. The smallest absolute Gasteiger partial charge is 0.201 e.